The first-order chi connectivity index (χ1) is 30.1. The Balaban J connectivity index is 1.22. The summed E-state index contributed by atoms with van der Waals surface area (Å²) in [6, 6.07) is 13.0. The van der Waals surface area contributed by atoms with Crippen LogP contribution in [0, 0.1) is 29.1 Å². The van der Waals surface area contributed by atoms with Crippen LogP contribution in [0.3, 0.4) is 0 Å². The van der Waals surface area contributed by atoms with E-state index >= 15 is 0 Å². The minimum absolute atomic E-state index is 0.0233. The quantitative estimate of drug-likeness (QED) is 0.151. The molecule has 2 saturated carbocycles. The first-order valence-electron chi connectivity index (χ1n) is 22.8. The van der Waals surface area contributed by atoms with E-state index in [0.29, 0.717) is 49.8 Å². The Morgan fingerprint density at radius 1 is 1.06 bits per heavy atom. The molecule has 8 rings (SSSR count). The number of aromatic hydroxyl groups is 1. The number of carbonyl (C=O) groups is 4. The summed E-state index contributed by atoms with van der Waals surface area (Å²) < 4.78 is 14.2. The van der Waals surface area contributed by atoms with Crippen molar-refractivity contribution in [2.45, 2.75) is 117 Å². The number of phenols is 1. The highest BCUT2D eigenvalue weighted by Gasteiger charge is 2.49. The lowest BCUT2D eigenvalue weighted by Gasteiger charge is -2.37. The number of aromatic nitrogens is 2. The van der Waals surface area contributed by atoms with Gasteiger partial charge in [-0.1, -0.05) is 39.8 Å². The van der Waals surface area contributed by atoms with Gasteiger partial charge in [-0.3, -0.25) is 29.2 Å². The first kappa shape index (κ1) is 44.3. The van der Waals surface area contributed by atoms with Gasteiger partial charge >= 0.3 is 5.97 Å². The minimum Gasteiger partial charge on any atom is -0.508 e. The number of nitrogens with zero attached hydrogens (tertiary/aromatic N) is 4. The molecule has 2 aliphatic heterocycles. The number of esters is 1. The fraction of sp³-hybridized carbons (Fsp3) is 0.540. The SMILES string of the molecule is CCn1c(-c2cccnc2[C@H](C)OC)c2c3cc(ccc31)-c1cc(O)cc(c1)C[C@H](NC(=O)C(C(C)C)N(C)C(=O)[C@H]1C[C@@H]3C[C@@H]3C1)C(=O)N1CCC[C@H](N1)C(=O)OCC(C)(C)C2. The molecule has 4 aliphatic rings. The molecule has 3 amide bonds. The number of hydrogen-bond donors (Lipinski definition) is 3. The Labute approximate surface area is 370 Å². The molecule has 63 heavy (non-hydrogen) atoms. The molecule has 7 atom stereocenters. The normalized spacial score (nSPS) is 24.3. The number of methoxy groups -OCH3 is 1. The van der Waals surface area contributed by atoms with Gasteiger partial charge in [0.25, 0.3) is 5.91 Å². The summed E-state index contributed by atoms with van der Waals surface area (Å²) in [7, 11) is 3.38. The molecular formula is C50H64N6O7. The van der Waals surface area contributed by atoms with Crippen LogP contribution in [0.4, 0.5) is 0 Å². The smallest absolute Gasteiger partial charge is 0.324 e. The molecule has 4 heterocycles. The van der Waals surface area contributed by atoms with Crippen LogP contribution in [-0.4, -0.2) is 93.7 Å². The van der Waals surface area contributed by atoms with Crippen LogP contribution < -0.4 is 10.7 Å². The number of nitrogens with one attached hydrogen (secondary N) is 2. The topological polar surface area (TPSA) is 155 Å². The van der Waals surface area contributed by atoms with E-state index in [1.54, 1.807) is 37.4 Å². The Kier molecular flexibility index (Phi) is 12.5. The first-order valence-corrected chi connectivity index (χ1v) is 22.8. The number of hydrazine groups is 1. The molecule has 1 saturated heterocycles. The Morgan fingerprint density at radius 2 is 1.83 bits per heavy atom. The summed E-state index contributed by atoms with van der Waals surface area (Å²) in [6.45, 7) is 13.2. The Morgan fingerprint density at radius 3 is 2.54 bits per heavy atom. The highest BCUT2D eigenvalue weighted by Crippen LogP contribution is 2.54. The second-order valence-corrected chi connectivity index (χ2v) is 19.6. The van der Waals surface area contributed by atoms with Crippen molar-refractivity contribution in [1.82, 2.24) is 30.2 Å². The largest absolute Gasteiger partial charge is 0.508 e. The predicted molar refractivity (Wildman–Crippen MR) is 241 cm³/mol. The standard InChI is InChI=1S/C50H64N6O7/c1-9-55-42-15-14-31-25-38(42)39(45(55)37-12-10-16-51-43(37)29(4)62-8)26-50(5,6)27-63-49(61)40-13-11-17-56(53-40)48(60)41(20-30-18-32(31)24-36(57)19-30)52-46(58)44(28(2)3)54(7)47(59)35-22-33-21-34(33)23-35/h10,12,14-16,18-19,24-25,28-29,33-35,40-41,44,53,57H,9,11,13,17,20-23,26-27H2,1-8H3,(H,52,58)/t29-,33-,34+,35-,40-,41-,44?/m0/s1. The number of carbonyl (C=O) groups excluding carboxylic acids is 4. The second-order valence-electron chi connectivity index (χ2n) is 19.6. The minimum atomic E-state index is -1.09. The third-order valence-corrected chi connectivity index (χ3v) is 13.9. The van der Waals surface area contributed by atoms with E-state index in [9.17, 15) is 24.3 Å². The third kappa shape index (κ3) is 8.96. The molecule has 0 radical (unpaired) electrons. The Bertz CT molecular complexity index is 2400. The monoisotopic (exact) mass is 860 g/mol. The lowest BCUT2D eigenvalue weighted by atomic mass is 9.84. The average Bonchev–Trinajstić information content (AvgIpc) is 3.75. The maximum absolute atomic E-state index is 14.7. The number of rotatable bonds is 9. The number of pyridine rings is 1. The molecule has 13 heteroatoms. The zero-order chi connectivity index (χ0) is 44.9. The molecule has 1 unspecified atom stereocenters. The molecule has 13 nitrogen and oxygen atoms in total. The maximum atomic E-state index is 14.7. The number of benzene rings is 2. The fourth-order valence-corrected chi connectivity index (χ4v) is 10.6. The third-order valence-electron chi connectivity index (χ3n) is 13.9. The van der Waals surface area contributed by atoms with Crippen molar-refractivity contribution < 1.29 is 33.8 Å². The van der Waals surface area contributed by atoms with Gasteiger partial charge in [0, 0.05) is 67.7 Å². The number of hydrogen-bond acceptors (Lipinski definition) is 9. The number of amides is 3. The van der Waals surface area contributed by atoms with Gasteiger partial charge < -0.3 is 29.4 Å². The summed E-state index contributed by atoms with van der Waals surface area (Å²) in [5.41, 5.74) is 9.79. The van der Waals surface area contributed by atoms with Crippen molar-refractivity contribution in [3.8, 4) is 28.1 Å². The van der Waals surface area contributed by atoms with Crippen molar-refractivity contribution in [3.63, 3.8) is 0 Å². The van der Waals surface area contributed by atoms with Crippen LogP contribution in [0.25, 0.3) is 33.3 Å². The van der Waals surface area contributed by atoms with E-state index in [1.807, 2.05) is 39.0 Å². The summed E-state index contributed by atoms with van der Waals surface area (Å²) >= 11 is 0. The van der Waals surface area contributed by atoms with E-state index in [2.05, 4.69) is 54.3 Å². The van der Waals surface area contributed by atoms with E-state index < -0.39 is 41.3 Å². The van der Waals surface area contributed by atoms with Crippen molar-refractivity contribution in [1.29, 1.82) is 0 Å². The van der Waals surface area contributed by atoms with Gasteiger partial charge in [-0.15, -0.1) is 0 Å². The summed E-state index contributed by atoms with van der Waals surface area (Å²) in [5.74, 6) is -0.397. The fourth-order valence-electron chi connectivity index (χ4n) is 10.6. The van der Waals surface area contributed by atoms with E-state index in [0.717, 1.165) is 57.4 Å². The number of aryl methyl sites for hydroxylation is 1. The lowest BCUT2D eigenvalue weighted by Crippen LogP contribution is -2.62. The van der Waals surface area contributed by atoms with Crippen LogP contribution >= 0.6 is 0 Å². The highest BCUT2D eigenvalue weighted by molar-refractivity contribution is 5.96. The van der Waals surface area contributed by atoms with Gasteiger partial charge in [0.1, 0.15) is 23.9 Å². The molecule has 2 aliphatic carbocycles. The molecule has 6 bridgehead atoms. The van der Waals surface area contributed by atoms with Gasteiger partial charge in [0.05, 0.1) is 24.1 Å². The molecular weight excluding hydrogens is 797 g/mol. The average molecular weight is 861 g/mol. The number of cyclic esters (lactones) is 1. The van der Waals surface area contributed by atoms with Crippen LogP contribution in [0.15, 0.2) is 54.7 Å². The van der Waals surface area contributed by atoms with Gasteiger partial charge in [-0.05, 0) is 129 Å². The highest BCUT2D eigenvalue weighted by atomic mass is 16.5. The number of phenolic OH excluding ortho intramolecular Hbond substituents is 1. The summed E-state index contributed by atoms with van der Waals surface area (Å²) in [5, 5.41) is 16.8. The maximum Gasteiger partial charge on any atom is 0.324 e. The lowest BCUT2D eigenvalue weighted by molar-refractivity contribution is -0.155. The van der Waals surface area contributed by atoms with Gasteiger partial charge in [-0.2, -0.15) is 0 Å². The van der Waals surface area contributed by atoms with E-state index in [4.69, 9.17) is 14.5 Å². The Hall–Kier alpha value is -5.27. The van der Waals surface area contributed by atoms with E-state index in [1.165, 1.54) is 11.4 Å². The zero-order valence-electron chi connectivity index (χ0n) is 38.1. The van der Waals surface area contributed by atoms with Crippen LogP contribution in [0.5, 0.6) is 5.75 Å². The molecule has 3 fully saturated rings. The summed E-state index contributed by atoms with van der Waals surface area (Å²) in [6.07, 6.45) is 6.06. The number of likely N-dealkylation sites (N-methyl/N-ethyl adjacent to an activating group) is 1. The number of ether oxygens (including phenoxy) is 2. The molecule has 0 spiro atoms. The molecule has 2 aromatic carbocycles. The second kappa shape index (κ2) is 17.7. The van der Waals surface area contributed by atoms with Crippen molar-refractivity contribution >= 4 is 34.6 Å². The zero-order valence-corrected chi connectivity index (χ0v) is 38.1. The van der Waals surface area contributed by atoms with Crippen molar-refractivity contribution in [2.24, 2.45) is 29.1 Å². The predicted octanol–water partition coefficient (Wildman–Crippen LogP) is 6.98. The van der Waals surface area contributed by atoms with Crippen LogP contribution in [0.2, 0.25) is 0 Å². The van der Waals surface area contributed by atoms with Gasteiger partial charge in [0.15, 0.2) is 0 Å². The van der Waals surface area contributed by atoms with Gasteiger partial charge in [-0.25, -0.2) is 5.43 Å². The van der Waals surface area contributed by atoms with Crippen LogP contribution in [-0.2, 0) is 48.0 Å². The van der Waals surface area contributed by atoms with Crippen molar-refractivity contribution in [2.75, 3.05) is 27.3 Å². The molecule has 3 N–H and O–H groups in total. The van der Waals surface area contributed by atoms with E-state index in [-0.39, 0.29) is 42.6 Å². The molecule has 2 aromatic heterocycles. The molecule has 336 valence electrons. The number of fused-ring (bicyclic) bond motifs is 7. The summed E-state index contributed by atoms with van der Waals surface area (Å²) in [4.78, 5) is 63.2. The van der Waals surface area contributed by atoms with Crippen LogP contribution in [0.1, 0.15) is 96.6 Å². The molecule has 4 aromatic rings. The van der Waals surface area contributed by atoms with Gasteiger partial charge in [0.2, 0.25) is 11.8 Å². The van der Waals surface area contributed by atoms with Crippen molar-refractivity contribution in [3.05, 3.63) is 71.5 Å².